The van der Waals surface area contributed by atoms with Gasteiger partial charge in [-0.1, -0.05) is 29.8 Å². The van der Waals surface area contributed by atoms with Crippen LogP contribution in [0.2, 0.25) is 0 Å². The van der Waals surface area contributed by atoms with Gasteiger partial charge in [0.2, 0.25) is 0 Å². The highest BCUT2D eigenvalue weighted by Crippen LogP contribution is 2.69. The fraction of sp³-hybridized carbons (Fsp3) is 0.909. The second kappa shape index (κ2) is 2.74. The summed E-state index contributed by atoms with van der Waals surface area (Å²) in [5, 5.41) is 19.1. The molecule has 2 bridgehead atoms. The topological polar surface area (TPSA) is 44.0 Å². The molecule has 0 aromatic rings. The number of rotatable bonds is 1. The Morgan fingerprint density at radius 2 is 2.14 bits per heavy atom. The van der Waals surface area contributed by atoms with E-state index in [-0.39, 0.29) is 21.3 Å². The molecule has 78 valence electrons. The lowest BCUT2D eigenvalue weighted by Gasteiger charge is -2.44. The third-order valence-electron chi connectivity index (χ3n) is 4.61. The Morgan fingerprint density at radius 1 is 1.50 bits per heavy atom. The average Bonchev–Trinajstić information content (AvgIpc) is 2.50. The molecule has 0 aliphatic heterocycles. The van der Waals surface area contributed by atoms with Crippen LogP contribution in [0.4, 0.5) is 0 Å². The number of halogens is 1. The van der Waals surface area contributed by atoms with Crippen molar-refractivity contribution in [1.29, 1.82) is 5.26 Å². The van der Waals surface area contributed by atoms with Gasteiger partial charge in [0.05, 0.1) is 16.5 Å². The van der Waals surface area contributed by atoms with Gasteiger partial charge < -0.3 is 5.11 Å². The molecule has 1 N–H and O–H groups in total. The lowest BCUT2D eigenvalue weighted by molar-refractivity contribution is -0.0282. The normalized spacial score (nSPS) is 49.2. The SMILES string of the molecule is CC1(C)[C@H](O)[C@@]2(Br)CC[C@]1(CC#N)C2. The zero-order valence-electron chi connectivity index (χ0n) is 8.68. The third kappa shape index (κ3) is 0.991. The molecule has 0 saturated heterocycles. The van der Waals surface area contributed by atoms with Gasteiger partial charge >= 0.3 is 0 Å². The van der Waals surface area contributed by atoms with Crippen LogP contribution >= 0.6 is 15.9 Å². The molecule has 2 aliphatic carbocycles. The van der Waals surface area contributed by atoms with Gasteiger partial charge in [-0.15, -0.1) is 0 Å². The Morgan fingerprint density at radius 3 is 2.57 bits per heavy atom. The highest BCUT2D eigenvalue weighted by molar-refractivity contribution is 9.10. The van der Waals surface area contributed by atoms with Gasteiger partial charge in [-0.25, -0.2) is 0 Å². The molecule has 0 spiro atoms. The first-order valence-corrected chi connectivity index (χ1v) is 5.91. The van der Waals surface area contributed by atoms with E-state index in [9.17, 15) is 5.11 Å². The minimum atomic E-state index is -0.322. The summed E-state index contributed by atoms with van der Waals surface area (Å²) in [4.78, 5) is 0. The van der Waals surface area contributed by atoms with Gasteiger partial charge in [0, 0.05) is 6.42 Å². The van der Waals surface area contributed by atoms with E-state index in [1.807, 2.05) is 0 Å². The predicted molar refractivity (Wildman–Crippen MR) is 58.0 cm³/mol. The van der Waals surface area contributed by atoms with E-state index in [2.05, 4.69) is 35.8 Å². The summed E-state index contributed by atoms with van der Waals surface area (Å²) in [6.45, 7) is 4.19. The lowest BCUT2D eigenvalue weighted by atomic mass is 9.62. The van der Waals surface area contributed by atoms with Crippen LogP contribution in [0.3, 0.4) is 0 Å². The molecule has 0 amide bonds. The van der Waals surface area contributed by atoms with Crippen LogP contribution in [0.15, 0.2) is 0 Å². The summed E-state index contributed by atoms with van der Waals surface area (Å²) < 4.78 is -0.118. The number of hydrogen-bond donors (Lipinski definition) is 1. The monoisotopic (exact) mass is 257 g/mol. The van der Waals surface area contributed by atoms with Crippen LogP contribution < -0.4 is 0 Å². The highest BCUT2D eigenvalue weighted by Gasteiger charge is 2.68. The van der Waals surface area contributed by atoms with E-state index >= 15 is 0 Å². The zero-order valence-corrected chi connectivity index (χ0v) is 10.3. The first kappa shape index (κ1) is 10.4. The predicted octanol–water partition coefficient (Wildman–Crippen LogP) is 2.60. The number of alkyl halides is 1. The quantitative estimate of drug-likeness (QED) is 0.735. The van der Waals surface area contributed by atoms with Crippen LogP contribution in [0, 0.1) is 22.2 Å². The second-order valence-electron chi connectivity index (χ2n) is 5.45. The molecule has 2 aliphatic rings. The Hall–Kier alpha value is -0.0700. The Balaban J connectivity index is 2.42. The molecule has 0 aromatic heterocycles. The molecule has 3 heteroatoms. The molecule has 0 aromatic carbocycles. The van der Waals surface area contributed by atoms with Crippen molar-refractivity contribution in [2.45, 2.75) is 50.0 Å². The molecule has 0 unspecified atom stereocenters. The van der Waals surface area contributed by atoms with Crippen molar-refractivity contribution in [3.8, 4) is 6.07 Å². The summed E-state index contributed by atoms with van der Waals surface area (Å²) >= 11 is 3.67. The van der Waals surface area contributed by atoms with Crippen molar-refractivity contribution < 1.29 is 5.11 Å². The van der Waals surface area contributed by atoms with Crippen LogP contribution in [-0.2, 0) is 0 Å². The molecule has 0 radical (unpaired) electrons. The average molecular weight is 258 g/mol. The summed E-state index contributed by atoms with van der Waals surface area (Å²) in [5.41, 5.74) is -0.102. The zero-order chi connectivity index (χ0) is 10.6. The molecule has 2 fully saturated rings. The van der Waals surface area contributed by atoms with E-state index in [1.165, 1.54) is 0 Å². The summed E-state index contributed by atoms with van der Waals surface area (Å²) in [7, 11) is 0. The highest BCUT2D eigenvalue weighted by atomic mass is 79.9. The van der Waals surface area contributed by atoms with Crippen LogP contribution in [-0.4, -0.2) is 15.5 Å². The number of fused-ring (bicyclic) bond motifs is 2. The molecule has 3 atom stereocenters. The van der Waals surface area contributed by atoms with Gasteiger partial charge in [0.1, 0.15) is 0 Å². The van der Waals surface area contributed by atoms with Crippen molar-refractivity contribution in [2.24, 2.45) is 10.8 Å². The molecule has 2 rings (SSSR count). The van der Waals surface area contributed by atoms with Crippen LogP contribution in [0.5, 0.6) is 0 Å². The summed E-state index contributed by atoms with van der Waals surface area (Å²) in [5.74, 6) is 0. The van der Waals surface area contributed by atoms with Crippen molar-refractivity contribution in [3.63, 3.8) is 0 Å². The standard InChI is InChI=1S/C11H16BrNO/c1-9(2)8(14)11(12)4-3-10(9,7-11)5-6-13/h8,14H,3-5,7H2,1-2H3/t8-,10-,11+/m0/s1. The summed E-state index contributed by atoms with van der Waals surface area (Å²) in [6, 6.07) is 2.29. The molecular formula is C11H16BrNO. The minimum Gasteiger partial charge on any atom is -0.391 e. The second-order valence-corrected chi connectivity index (χ2v) is 7.03. The van der Waals surface area contributed by atoms with Crippen molar-refractivity contribution in [2.75, 3.05) is 0 Å². The van der Waals surface area contributed by atoms with E-state index in [0.717, 1.165) is 19.3 Å². The molecule has 2 nitrogen and oxygen atoms in total. The third-order valence-corrected chi connectivity index (χ3v) is 5.72. The first-order chi connectivity index (χ1) is 6.38. The van der Waals surface area contributed by atoms with Crippen molar-refractivity contribution in [1.82, 2.24) is 0 Å². The van der Waals surface area contributed by atoms with E-state index in [4.69, 9.17) is 5.26 Å². The molecule has 14 heavy (non-hydrogen) atoms. The Bertz CT molecular complexity index is 309. The maximum atomic E-state index is 10.2. The Kier molecular flexibility index (Phi) is 2.04. The smallest absolute Gasteiger partial charge is 0.0749 e. The van der Waals surface area contributed by atoms with Crippen LogP contribution in [0.1, 0.15) is 39.5 Å². The Labute approximate surface area is 93.4 Å². The van der Waals surface area contributed by atoms with Crippen molar-refractivity contribution in [3.05, 3.63) is 0 Å². The minimum absolute atomic E-state index is 0.0324. The summed E-state index contributed by atoms with van der Waals surface area (Å²) in [6.07, 6.45) is 3.26. The maximum Gasteiger partial charge on any atom is 0.0749 e. The van der Waals surface area contributed by atoms with Crippen LogP contribution in [0.25, 0.3) is 0 Å². The number of hydrogen-bond acceptors (Lipinski definition) is 2. The number of nitrogens with zero attached hydrogens (tertiary/aromatic N) is 1. The molecule has 2 saturated carbocycles. The molecular weight excluding hydrogens is 242 g/mol. The lowest BCUT2D eigenvalue weighted by Crippen LogP contribution is -2.46. The van der Waals surface area contributed by atoms with E-state index in [0.29, 0.717) is 6.42 Å². The number of nitriles is 1. The first-order valence-electron chi connectivity index (χ1n) is 5.12. The van der Waals surface area contributed by atoms with Crippen molar-refractivity contribution >= 4 is 15.9 Å². The van der Waals surface area contributed by atoms with Gasteiger partial charge in [0.15, 0.2) is 0 Å². The number of aliphatic hydroxyl groups excluding tert-OH is 1. The largest absolute Gasteiger partial charge is 0.391 e. The fourth-order valence-corrected chi connectivity index (χ4v) is 4.74. The fourth-order valence-electron chi connectivity index (χ4n) is 3.44. The van der Waals surface area contributed by atoms with Gasteiger partial charge in [-0.2, -0.15) is 5.26 Å². The maximum absolute atomic E-state index is 10.2. The van der Waals surface area contributed by atoms with Gasteiger partial charge in [0.25, 0.3) is 0 Å². The van der Waals surface area contributed by atoms with Gasteiger partial charge in [-0.05, 0) is 30.1 Å². The van der Waals surface area contributed by atoms with Gasteiger partial charge in [-0.3, -0.25) is 0 Å². The number of aliphatic hydroxyl groups is 1. The molecule has 0 heterocycles. The van der Waals surface area contributed by atoms with E-state index in [1.54, 1.807) is 0 Å². The van der Waals surface area contributed by atoms with E-state index < -0.39 is 0 Å².